The number of aryl methyl sites for hydroxylation is 2. The molecule has 5 aromatic rings. The van der Waals surface area contributed by atoms with Crippen LogP contribution in [0.5, 0.6) is 0 Å². The molecule has 0 spiro atoms. The number of alkyl halides is 1. The van der Waals surface area contributed by atoms with Crippen molar-refractivity contribution in [2.45, 2.75) is 31.6 Å². The van der Waals surface area contributed by atoms with Crippen molar-refractivity contribution in [2.24, 2.45) is 28.2 Å². The Morgan fingerprint density at radius 3 is 1.94 bits per heavy atom. The Balaban J connectivity index is 0.000000223. The van der Waals surface area contributed by atoms with Crippen LogP contribution in [-0.4, -0.2) is 41.2 Å². The monoisotopic (exact) mass is 705 g/mol. The van der Waals surface area contributed by atoms with Crippen molar-refractivity contribution in [3.05, 3.63) is 125 Å². The van der Waals surface area contributed by atoms with Crippen LogP contribution in [0.3, 0.4) is 0 Å². The van der Waals surface area contributed by atoms with E-state index in [-0.39, 0.29) is 33.9 Å². The minimum absolute atomic E-state index is 0.0256. The highest BCUT2D eigenvalue weighted by molar-refractivity contribution is 9.08. The van der Waals surface area contributed by atoms with Crippen molar-refractivity contribution in [1.82, 2.24) is 22.8 Å². The zero-order chi connectivity index (χ0) is 34.4. The summed E-state index contributed by atoms with van der Waals surface area (Å²) in [6, 6.07) is 18.1. The van der Waals surface area contributed by atoms with Crippen molar-refractivity contribution < 1.29 is 14.3 Å². The number of carbonyl (C=O) groups excluding carboxylic acids is 2. The maximum Gasteiger partial charge on any atom is 0.330 e. The highest BCUT2D eigenvalue weighted by Gasteiger charge is 2.22. The molecule has 0 saturated heterocycles. The third-order valence-corrected chi connectivity index (χ3v) is 8.35. The van der Waals surface area contributed by atoms with Gasteiger partial charge in [-0.15, -0.1) is 0 Å². The van der Waals surface area contributed by atoms with Crippen molar-refractivity contribution >= 4 is 38.6 Å². The van der Waals surface area contributed by atoms with E-state index < -0.39 is 11.2 Å². The van der Waals surface area contributed by atoms with Gasteiger partial charge in [0.1, 0.15) is 5.56 Å². The van der Waals surface area contributed by atoms with Gasteiger partial charge in [-0.3, -0.25) is 37.4 Å². The second-order valence-corrected chi connectivity index (χ2v) is 11.3. The molecule has 0 bridgehead atoms. The number of ether oxygens (including phenoxy) is 1. The summed E-state index contributed by atoms with van der Waals surface area (Å²) < 4.78 is 11.8. The lowest BCUT2D eigenvalue weighted by atomic mass is 10.0. The fourth-order valence-electron chi connectivity index (χ4n) is 5.30. The van der Waals surface area contributed by atoms with Gasteiger partial charge in [-0.2, -0.15) is 0 Å². The number of fused-ring (bicyclic) bond motifs is 1. The van der Waals surface area contributed by atoms with Gasteiger partial charge < -0.3 is 9.30 Å². The number of nitrogens with zero attached hydrogens (tertiary/aromatic N) is 5. The largest absolute Gasteiger partial charge is 0.466 e. The van der Waals surface area contributed by atoms with E-state index in [2.05, 4.69) is 15.9 Å². The first-order valence-electron chi connectivity index (χ1n) is 14.9. The Kier molecular flexibility index (Phi) is 11.1. The van der Waals surface area contributed by atoms with E-state index in [4.69, 9.17) is 4.74 Å². The molecule has 13 heteroatoms. The van der Waals surface area contributed by atoms with Gasteiger partial charge in [-0.25, -0.2) is 9.59 Å². The molecule has 0 aliphatic carbocycles. The van der Waals surface area contributed by atoms with Crippen LogP contribution in [0.2, 0.25) is 0 Å². The average Bonchev–Trinajstić information content (AvgIpc) is 3.47. The predicted octanol–water partition coefficient (Wildman–Crippen LogP) is 3.26. The van der Waals surface area contributed by atoms with Gasteiger partial charge in [0, 0.05) is 63.9 Å². The molecule has 0 N–H and O–H groups in total. The molecule has 0 atom stereocenters. The molecule has 3 heterocycles. The summed E-state index contributed by atoms with van der Waals surface area (Å²) in [5, 5.41) is 0.754. The second kappa shape index (κ2) is 15.0. The lowest BCUT2D eigenvalue weighted by molar-refractivity contribution is -0.143. The molecule has 12 nitrogen and oxygen atoms in total. The van der Waals surface area contributed by atoms with Crippen LogP contribution < -0.4 is 22.5 Å². The van der Waals surface area contributed by atoms with Gasteiger partial charge in [-0.05, 0) is 18.9 Å². The van der Waals surface area contributed by atoms with E-state index in [1.165, 1.54) is 23.2 Å². The normalized spacial score (nSPS) is 10.9. The number of rotatable bonds is 9. The number of benzene rings is 2. The first-order chi connectivity index (χ1) is 22.4. The molecule has 0 aliphatic rings. The SMILES string of the molecule is CCOC(=O)CCCn1cc2c(c1-c1ccccc1)c(=O)n(C)c(=O)n2C.Cn1c(CBr)c(C(=O)c2ccccc2)c(=O)n(C)c1=O. The summed E-state index contributed by atoms with van der Waals surface area (Å²) in [6.07, 6.45) is 2.69. The molecule has 2 aromatic carbocycles. The molecule has 47 heavy (non-hydrogen) atoms. The summed E-state index contributed by atoms with van der Waals surface area (Å²) in [5.41, 5.74) is 1.34. The highest BCUT2D eigenvalue weighted by Crippen LogP contribution is 2.28. The van der Waals surface area contributed by atoms with Gasteiger partial charge in [0.2, 0.25) is 0 Å². The minimum Gasteiger partial charge on any atom is -0.466 e. The number of hydrogen-bond acceptors (Lipinski definition) is 7. The van der Waals surface area contributed by atoms with E-state index in [0.717, 1.165) is 20.4 Å². The van der Waals surface area contributed by atoms with Crippen LogP contribution in [0, 0.1) is 0 Å². The van der Waals surface area contributed by atoms with Crippen LogP contribution >= 0.6 is 15.9 Å². The van der Waals surface area contributed by atoms with E-state index >= 15 is 0 Å². The first kappa shape index (κ1) is 34.8. The number of carbonyl (C=O) groups is 2. The predicted molar refractivity (Wildman–Crippen MR) is 183 cm³/mol. The maximum absolute atomic E-state index is 12.8. The van der Waals surface area contributed by atoms with Crippen LogP contribution in [0.25, 0.3) is 22.2 Å². The van der Waals surface area contributed by atoms with Crippen LogP contribution in [0.4, 0.5) is 0 Å². The van der Waals surface area contributed by atoms with Crippen molar-refractivity contribution in [3.63, 3.8) is 0 Å². The Bertz CT molecular complexity index is 2180. The van der Waals surface area contributed by atoms with Gasteiger partial charge in [0.25, 0.3) is 11.1 Å². The van der Waals surface area contributed by atoms with Crippen molar-refractivity contribution in [3.8, 4) is 11.3 Å². The Labute approximate surface area is 278 Å². The van der Waals surface area contributed by atoms with Gasteiger partial charge in [0.05, 0.1) is 23.2 Å². The molecular weight excluding hydrogens is 670 g/mol. The van der Waals surface area contributed by atoms with E-state index in [1.54, 1.807) is 51.4 Å². The third kappa shape index (κ3) is 7.04. The Morgan fingerprint density at radius 1 is 0.766 bits per heavy atom. The molecule has 0 amide bonds. The molecule has 246 valence electrons. The smallest absolute Gasteiger partial charge is 0.330 e. The molecular formula is C34H36BrN5O7. The summed E-state index contributed by atoms with van der Waals surface area (Å²) in [4.78, 5) is 73.4. The zero-order valence-corrected chi connectivity index (χ0v) is 28.4. The number of aromatic nitrogens is 5. The average molecular weight is 707 g/mol. The zero-order valence-electron chi connectivity index (χ0n) is 26.9. The standard InChI is InChI=1S/C20H23N3O4.C14H13BrN2O3/c1-4-27-16(24)11-8-12-23-13-15-17(18(23)14-9-6-5-7-10-14)19(25)22(3)20(26)21(15)2;1-16-10(8-15)11(13(19)17(2)14(16)20)12(18)9-6-4-3-5-7-9/h5-7,9-10,13H,4,8,11-12H2,1-3H3;3-7H,8H2,1-2H3. The van der Waals surface area contributed by atoms with Crippen LogP contribution in [0.15, 0.2) is 86.0 Å². The topological polar surface area (TPSA) is 136 Å². The number of ketones is 1. The Hall–Kier alpha value is -5.04. The van der Waals surface area contributed by atoms with Crippen molar-refractivity contribution in [2.75, 3.05) is 6.61 Å². The summed E-state index contributed by atoms with van der Waals surface area (Å²) in [7, 11) is 6.05. The first-order valence-corrected chi connectivity index (χ1v) is 16.0. The van der Waals surface area contributed by atoms with E-state index in [0.29, 0.717) is 48.2 Å². The lowest BCUT2D eigenvalue weighted by Gasteiger charge is -2.12. The van der Waals surface area contributed by atoms with Gasteiger partial charge in [-0.1, -0.05) is 76.6 Å². The molecule has 0 radical (unpaired) electrons. The summed E-state index contributed by atoms with van der Waals surface area (Å²) in [6.45, 7) is 2.68. The molecule has 0 unspecified atom stereocenters. The second-order valence-electron chi connectivity index (χ2n) is 10.8. The maximum atomic E-state index is 12.8. The minimum atomic E-state index is -0.573. The fraction of sp³-hybridized carbons (Fsp3) is 0.294. The molecule has 0 saturated carbocycles. The molecule has 5 rings (SSSR count). The molecule has 3 aromatic heterocycles. The van der Waals surface area contributed by atoms with E-state index in [9.17, 15) is 28.8 Å². The van der Waals surface area contributed by atoms with Gasteiger partial charge >= 0.3 is 17.3 Å². The Morgan fingerprint density at radius 2 is 1.34 bits per heavy atom. The highest BCUT2D eigenvalue weighted by atomic mass is 79.9. The third-order valence-electron chi connectivity index (χ3n) is 7.82. The number of esters is 1. The fourth-order valence-corrected chi connectivity index (χ4v) is 5.96. The van der Waals surface area contributed by atoms with Crippen LogP contribution in [-0.2, 0) is 49.6 Å². The molecule has 0 aliphatic heterocycles. The quantitative estimate of drug-likeness (QED) is 0.130. The molecule has 0 fully saturated rings. The summed E-state index contributed by atoms with van der Waals surface area (Å²) in [5.74, 6) is -0.616. The van der Waals surface area contributed by atoms with Crippen LogP contribution in [0.1, 0.15) is 41.4 Å². The lowest BCUT2D eigenvalue weighted by Crippen LogP contribution is -2.42. The van der Waals surface area contributed by atoms with Crippen molar-refractivity contribution in [1.29, 1.82) is 0 Å². The van der Waals surface area contributed by atoms with Gasteiger partial charge in [0.15, 0.2) is 5.78 Å². The number of hydrogen-bond donors (Lipinski definition) is 0. The number of halogens is 1. The summed E-state index contributed by atoms with van der Waals surface area (Å²) >= 11 is 3.23. The van der Waals surface area contributed by atoms with E-state index in [1.807, 2.05) is 41.1 Å².